The number of carbonyl (C=O) groups is 1. The van der Waals surface area contributed by atoms with Crippen LogP contribution in [0.1, 0.15) is 23.2 Å². The molecular formula is C18H15N5O3S. The average Bonchev–Trinajstić information content (AvgIpc) is 3.37. The lowest BCUT2D eigenvalue weighted by Crippen LogP contribution is -2.13. The van der Waals surface area contributed by atoms with E-state index in [-0.39, 0.29) is 17.3 Å². The van der Waals surface area contributed by atoms with Crippen LogP contribution in [0.2, 0.25) is 0 Å². The second-order valence-electron chi connectivity index (χ2n) is 6.11. The molecule has 0 atom stereocenters. The first-order valence-electron chi connectivity index (χ1n) is 8.33. The van der Waals surface area contributed by atoms with Crippen LogP contribution in [-0.2, 0) is 0 Å². The standard InChI is InChI=1S/C18H15N5O3S/c24-17(22-18-21-15(10-27-18)13-3-1-2-8-19-13)11-4-7-14(20-12-5-6-12)16(9-11)23(25)26/h1-4,7-10,12,20H,5-6H2,(H,21,22,24). The molecule has 0 saturated heterocycles. The Morgan fingerprint density at radius 1 is 1.22 bits per heavy atom. The average molecular weight is 381 g/mol. The van der Waals surface area contributed by atoms with Crippen LogP contribution in [0.15, 0.2) is 48.0 Å². The van der Waals surface area contributed by atoms with Gasteiger partial charge < -0.3 is 5.32 Å². The highest BCUT2D eigenvalue weighted by molar-refractivity contribution is 7.14. The van der Waals surface area contributed by atoms with Gasteiger partial charge in [0.25, 0.3) is 11.6 Å². The summed E-state index contributed by atoms with van der Waals surface area (Å²) in [6, 6.07) is 10.2. The molecule has 8 nitrogen and oxygen atoms in total. The first-order chi connectivity index (χ1) is 13.1. The number of nitrogens with one attached hydrogen (secondary N) is 2. The van der Waals surface area contributed by atoms with Crippen molar-refractivity contribution in [2.45, 2.75) is 18.9 Å². The van der Waals surface area contributed by atoms with Crippen molar-refractivity contribution in [3.8, 4) is 11.4 Å². The molecule has 0 radical (unpaired) electrons. The highest BCUT2D eigenvalue weighted by Crippen LogP contribution is 2.32. The van der Waals surface area contributed by atoms with Crippen molar-refractivity contribution in [1.29, 1.82) is 0 Å². The topological polar surface area (TPSA) is 110 Å². The van der Waals surface area contributed by atoms with Crippen LogP contribution in [0, 0.1) is 10.1 Å². The van der Waals surface area contributed by atoms with Gasteiger partial charge in [0, 0.05) is 29.2 Å². The van der Waals surface area contributed by atoms with Crippen LogP contribution >= 0.6 is 11.3 Å². The van der Waals surface area contributed by atoms with Gasteiger partial charge in [0.05, 0.1) is 10.6 Å². The number of anilines is 2. The molecule has 0 unspecified atom stereocenters. The van der Waals surface area contributed by atoms with Gasteiger partial charge in [0.2, 0.25) is 0 Å². The number of amides is 1. The zero-order chi connectivity index (χ0) is 18.8. The first kappa shape index (κ1) is 17.1. The van der Waals surface area contributed by atoms with Crippen molar-refractivity contribution in [2.75, 3.05) is 10.6 Å². The molecule has 0 aliphatic heterocycles. The van der Waals surface area contributed by atoms with Crippen molar-refractivity contribution in [3.05, 3.63) is 63.7 Å². The molecule has 2 N–H and O–H groups in total. The zero-order valence-electron chi connectivity index (χ0n) is 14.1. The second kappa shape index (κ2) is 7.12. The Hall–Kier alpha value is -3.33. The molecule has 1 aliphatic rings. The Labute approximate surface area is 158 Å². The van der Waals surface area contributed by atoms with Crippen LogP contribution in [0.4, 0.5) is 16.5 Å². The SMILES string of the molecule is O=C(Nc1nc(-c2ccccn2)cs1)c1ccc(NC2CC2)c([N+](=O)[O-])c1. The number of nitrogens with zero attached hydrogens (tertiary/aromatic N) is 3. The van der Waals surface area contributed by atoms with Crippen LogP contribution in [0.5, 0.6) is 0 Å². The van der Waals surface area contributed by atoms with Crippen LogP contribution in [0.3, 0.4) is 0 Å². The van der Waals surface area contributed by atoms with E-state index >= 15 is 0 Å². The molecule has 3 aromatic rings. The molecule has 1 amide bonds. The summed E-state index contributed by atoms with van der Waals surface area (Å²) in [7, 11) is 0. The van der Waals surface area contributed by atoms with Gasteiger partial charge >= 0.3 is 0 Å². The number of benzene rings is 1. The lowest BCUT2D eigenvalue weighted by atomic mass is 10.1. The van der Waals surface area contributed by atoms with Crippen molar-refractivity contribution < 1.29 is 9.72 Å². The van der Waals surface area contributed by atoms with E-state index in [9.17, 15) is 14.9 Å². The van der Waals surface area contributed by atoms with Gasteiger partial charge in [-0.25, -0.2) is 4.98 Å². The third-order valence-electron chi connectivity index (χ3n) is 4.05. The molecule has 1 fully saturated rings. The summed E-state index contributed by atoms with van der Waals surface area (Å²) in [6.45, 7) is 0. The van der Waals surface area contributed by atoms with Gasteiger partial charge in [0.1, 0.15) is 11.4 Å². The number of aromatic nitrogens is 2. The van der Waals surface area contributed by atoms with Crippen molar-refractivity contribution >= 4 is 33.8 Å². The maximum atomic E-state index is 12.5. The summed E-state index contributed by atoms with van der Waals surface area (Å²) in [4.78, 5) is 31.9. The number of rotatable bonds is 6. The minimum absolute atomic E-state index is 0.108. The first-order valence-corrected chi connectivity index (χ1v) is 9.21. The van der Waals surface area contributed by atoms with Crippen molar-refractivity contribution in [2.24, 2.45) is 0 Å². The number of pyridine rings is 1. The zero-order valence-corrected chi connectivity index (χ0v) is 14.9. The van der Waals surface area contributed by atoms with E-state index in [0.29, 0.717) is 22.2 Å². The van der Waals surface area contributed by atoms with E-state index < -0.39 is 10.8 Å². The quantitative estimate of drug-likeness (QED) is 0.494. The number of carbonyl (C=O) groups excluding carboxylic acids is 1. The molecular weight excluding hydrogens is 366 g/mol. The molecule has 2 heterocycles. The minimum atomic E-state index is -0.482. The molecule has 1 aliphatic carbocycles. The monoisotopic (exact) mass is 381 g/mol. The lowest BCUT2D eigenvalue weighted by Gasteiger charge is -2.07. The predicted molar refractivity (Wildman–Crippen MR) is 103 cm³/mol. The highest BCUT2D eigenvalue weighted by Gasteiger charge is 2.25. The fraction of sp³-hybridized carbons (Fsp3) is 0.167. The van der Waals surface area contributed by atoms with E-state index in [4.69, 9.17) is 0 Å². The molecule has 4 rings (SSSR count). The van der Waals surface area contributed by atoms with E-state index in [1.165, 1.54) is 17.4 Å². The number of nitro benzene ring substituents is 1. The molecule has 1 aromatic carbocycles. The maximum Gasteiger partial charge on any atom is 0.293 e. The number of hydrogen-bond donors (Lipinski definition) is 2. The fourth-order valence-electron chi connectivity index (χ4n) is 2.53. The summed E-state index contributed by atoms with van der Waals surface area (Å²) < 4.78 is 0. The summed E-state index contributed by atoms with van der Waals surface area (Å²) in [5.74, 6) is -0.446. The second-order valence-corrected chi connectivity index (χ2v) is 6.97. The Balaban J connectivity index is 1.52. The van der Waals surface area contributed by atoms with E-state index in [0.717, 1.165) is 12.8 Å². The van der Waals surface area contributed by atoms with Gasteiger partial charge in [-0.1, -0.05) is 6.07 Å². The Kier molecular flexibility index (Phi) is 4.51. The summed E-state index contributed by atoms with van der Waals surface area (Å²) in [5.41, 5.74) is 1.90. The Morgan fingerprint density at radius 3 is 2.78 bits per heavy atom. The van der Waals surface area contributed by atoms with Crippen LogP contribution in [-0.4, -0.2) is 26.8 Å². The third-order valence-corrected chi connectivity index (χ3v) is 4.80. The van der Waals surface area contributed by atoms with Crippen molar-refractivity contribution in [1.82, 2.24) is 9.97 Å². The summed E-state index contributed by atoms with van der Waals surface area (Å²) in [5, 5.41) is 19.3. The largest absolute Gasteiger partial charge is 0.377 e. The van der Waals surface area contributed by atoms with Crippen LogP contribution in [0.25, 0.3) is 11.4 Å². The molecule has 2 aromatic heterocycles. The summed E-state index contributed by atoms with van der Waals surface area (Å²) in [6.07, 6.45) is 3.67. The van der Waals surface area contributed by atoms with E-state index in [1.807, 2.05) is 18.2 Å². The molecule has 1 saturated carbocycles. The van der Waals surface area contributed by atoms with Gasteiger partial charge in [-0.15, -0.1) is 11.3 Å². The normalized spacial score (nSPS) is 13.2. The van der Waals surface area contributed by atoms with Gasteiger partial charge in [-0.3, -0.25) is 25.2 Å². The molecule has 136 valence electrons. The fourth-order valence-corrected chi connectivity index (χ4v) is 3.23. The Bertz CT molecular complexity index is 1000. The van der Waals surface area contributed by atoms with Gasteiger partial charge in [0.15, 0.2) is 5.13 Å². The lowest BCUT2D eigenvalue weighted by molar-refractivity contribution is -0.384. The van der Waals surface area contributed by atoms with Crippen LogP contribution < -0.4 is 10.6 Å². The molecule has 27 heavy (non-hydrogen) atoms. The third kappa shape index (κ3) is 3.93. The minimum Gasteiger partial charge on any atom is -0.377 e. The smallest absolute Gasteiger partial charge is 0.293 e. The van der Waals surface area contributed by atoms with Crippen molar-refractivity contribution in [3.63, 3.8) is 0 Å². The number of hydrogen-bond acceptors (Lipinski definition) is 7. The van der Waals surface area contributed by atoms with Gasteiger partial charge in [-0.05, 0) is 37.1 Å². The molecule has 0 spiro atoms. The molecule has 0 bridgehead atoms. The van der Waals surface area contributed by atoms with E-state index in [1.54, 1.807) is 23.7 Å². The Morgan fingerprint density at radius 2 is 2.07 bits per heavy atom. The molecule has 9 heteroatoms. The van der Waals surface area contributed by atoms with E-state index in [2.05, 4.69) is 20.6 Å². The van der Waals surface area contributed by atoms with Gasteiger partial charge in [-0.2, -0.15) is 0 Å². The number of nitro groups is 1. The maximum absolute atomic E-state index is 12.5. The predicted octanol–water partition coefficient (Wildman–Crippen LogP) is 3.94. The highest BCUT2D eigenvalue weighted by atomic mass is 32.1. The number of thiazole rings is 1. The summed E-state index contributed by atoms with van der Waals surface area (Å²) >= 11 is 1.27.